The van der Waals surface area contributed by atoms with E-state index >= 15 is 0 Å². The van der Waals surface area contributed by atoms with Gasteiger partial charge in [-0.2, -0.15) is 0 Å². The van der Waals surface area contributed by atoms with Gasteiger partial charge in [0.1, 0.15) is 11.5 Å². The van der Waals surface area contributed by atoms with Crippen molar-refractivity contribution in [2.75, 3.05) is 0 Å². The summed E-state index contributed by atoms with van der Waals surface area (Å²) >= 11 is 5.95. The average molecular weight is 311 g/mol. The summed E-state index contributed by atoms with van der Waals surface area (Å²) in [6.45, 7) is 0. The van der Waals surface area contributed by atoms with Gasteiger partial charge >= 0.3 is 0 Å². The molecule has 0 radical (unpaired) electrons. The van der Waals surface area contributed by atoms with Gasteiger partial charge in [0, 0.05) is 11.4 Å². The summed E-state index contributed by atoms with van der Waals surface area (Å²) in [5, 5.41) is 3.46. The minimum Gasteiger partial charge on any atom is -0.309 e. The lowest BCUT2D eigenvalue weighted by atomic mass is 10.1. The molecule has 110 valence electrons. The SMILES string of the molecule is O=C1NC(CCc2ccccc2)=N/C1=C/c1cccc(Cl)c1. The van der Waals surface area contributed by atoms with E-state index in [0.29, 0.717) is 23.0 Å². The number of nitrogens with one attached hydrogen (secondary N) is 1. The Morgan fingerprint density at radius 2 is 1.86 bits per heavy atom. The number of carbonyl (C=O) groups excluding carboxylic acids is 1. The molecule has 0 unspecified atom stereocenters. The minimum atomic E-state index is -0.164. The van der Waals surface area contributed by atoms with E-state index in [1.807, 2.05) is 30.3 Å². The number of halogens is 1. The summed E-state index contributed by atoms with van der Waals surface area (Å²) in [5.41, 5.74) is 2.52. The average Bonchev–Trinajstić information content (AvgIpc) is 2.86. The summed E-state index contributed by atoms with van der Waals surface area (Å²) in [7, 11) is 0. The van der Waals surface area contributed by atoms with Gasteiger partial charge in [0.05, 0.1) is 0 Å². The van der Waals surface area contributed by atoms with E-state index in [-0.39, 0.29) is 5.91 Å². The van der Waals surface area contributed by atoms with Crippen LogP contribution in [0.25, 0.3) is 6.08 Å². The van der Waals surface area contributed by atoms with Gasteiger partial charge < -0.3 is 5.32 Å². The third-order valence-electron chi connectivity index (χ3n) is 3.39. The molecule has 1 aliphatic heterocycles. The Labute approximate surface area is 134 Å². The lowest BCUT2D eigenvalue weighted by molar-refractivity contribution is -0.115. The second-order valence-electron chi connectivity index (χ2n) is 5.08. The van der Waals surface area contributed by atoms with Gasteiger partial charge in [0.2, 0.25) is 0 Å². The molecule has 3 rings (SSSR count). The van der Waals surface area contributed by atoms with Crippen LogP contribution in [0.5, 0.6) is 0 Å². The number of rotatable bonds is 4. The van der Waals surface area contributed by atoms with Gasteiger partial charge in [-0.15, -0.1) is 0 Å². The predicted octanol–water partition coefficient (Wildman–Crippen LogP) is 3.84. The quantitative estimate of drug-likeness (QED) is 0.856. The predicted molar refractivity (Wildman–Crippen MR) is 89.8 cm³/mol. The first kappa shape index (κ1) is 14.5. The van der Waals surface area contributed by atoms with Crippen LogP contribution in [0.15, 0.2) is 65.3 Å². The van der Waals surface area contributed by atoms with Crippen LogP contribution < -0.4 is 5.32 Å². The van der Waals surface area contributed by atoms with Crippen molar-refractivity contribution in [1.82, 2.24) is 5.32 Å². The second kappa shape index (κ2) is 6.58. The second-order valence-corrected chi connectivity index (χ2v) is 5.52. The first-order valence-corrected chi connectivity index (χ1v) is 7.48. The number of aliphatic imine (C=N–C) groups is 1. The van der Waals surface area contributed by atoms with E-state index < -0.39 is 0 Å². The van der Waals surface area contributed by atoms with Crippen molar-refractivity contribution in [1.29, 1.82) is 0 Å². The Balaban J connectivity index is 1.71. The highest BCUT2D eigenvalue weighted by atomic mass is 35.5. The fourth-order valence-corrected chi connectivity index (χ4v) is 2.50. The molecule has 1 heterocycles. The lowest BCUT2D eigenvalue weighted by Crippen LogP contribution is -2.24. The van der Waals surface area contributed by atoms with E-state index in [0.717, 1.165) is 12.0 Å². The molecule has 22 heavy (non-hydrogen) atoms. The number of hydrogen-bond acceptors (Lipinski definition) is 2. The molecule has 0 bridgehead atoms. The van der Waals surface area contributed by atoms with Gasteiger partial charge in [-0.3, -0.25) is 4.79 Å². The Kier molecular flexibility index (Phi) is 4.35. The summed E-state index contributed by atoms with van der Waals surface area (Å²) in [6, 6.07) is 17.5. The van der Waals surface area contributed by atoms with Crippen molar-refractivity contribution >= 4 is 29.4 Å². The third kappa shape index (κ3) is 3.62. The molecule has 0 saturated carbocycles. The van der Waals surface area contributed by atoms with Crippen molar-refractivity contribution in [2.24, 2.45) is 4.99 Å². The summed E-state index contributed by atoms with van der Waals surface area (Å²) in [4.78, 5) is 16.3. The Bertz CT molecular complexity index is 751. The molecule has 1 amide bonds. The molecule has 0 fully saturated rings. The van der Waals surface area contributed by atoms with Crippen LogP contribution in [0.2, 0.25) is 5.02 Å². The fourth-order valence-electron chi connectivity index (χ4n) is 2.30. The molecule has 0 saturated heterocycles. The van der Waals surface area contributed by atoms with Gasteiger partial charge in [-0.25, -0.2) is 4.99 Å². The maximum atomic E-state index is 12.0. The molecule has 0 aliphatic carbocycles. The minimum absolute atomic E-state index is 0.164. The lowest BCUT2D eigenvalue weighted by Gasteiger charge is -2.00. The zero-order chi connectivity index (χ0) is 15.4. The van der Waals surface area contributed by atoms with Crippen LogP contribution in [0.1, 0.15) is 17.5 Å². The normalized spacial score (nSPS) is 15.8. The molecule has 1 aliphatic rings. The number of aryl methyl sites for hydroxylation is 1. The Morgan fingerprint density at radius 1 is 1.05 bits per heavy atom. The van der Waals surface area contributed by atoms with Crippen LogP contribution in [0.4, 0.5) is 0 Å². The Hall–Kier alpha value is -2.39. The van der Waals surface area contributed by atoms with Crippen molar-refractivity contribution in [2.45, 2.75) is 12.8 Å². The van der Waals surface area contributed by atoms with Gasteiger partial charge in [0.25, 0.3) is 5.91 Å². The van der Waals surface area contributed by atoms with E-state index in [4.69, 9.17) is 11.6 Å². The first-order chi connectivity index (χ1) is 10.7. The highest BCUT2D eigenvalue weighted by Crippen LogP contribution is 2.17. The zero-order valence-corrected chi connectivity index (χ0v) is 12.7. The van der Waals surface area contributed by atoms with Crippen LogP contribution in [0.3, 0.4) is 0 Å². The highest BCUT2D eigenvalue weighted by molar-refractivity contribution is 6.30. The molecule has 0 aromatic heterocycles. The maximum absolute atomic E-state index is 12.0. The topological polar surface area (TPSA) is 41.5 Å². The zero-order valence-electron chi connectivity index (χ0n) is 11.9. The molecule has 4 heteroatoms. The molecule has 1 N–H and O–H groups in total. The number of amidine groups is 1. The van der Waals surface area contributed by atoms with E-state index in [1.165, 1.54) is 5.56 Å². The van der Waals surface area contributed by atoms with E-state index in [1.54, 1.807) is 18.2 Å². The van der Waals surface area contributed by atoms with Crippen molar-refractivity contribution < 1.29 is 4.79 Å². The third-order valence-corrected chi connectivity index (χ3v) is 3.63. The standard InChI is InChI=1S/C18H15ClN2O/c19-15-8-4-7-14(11-15)12-16-18(22)21-17(20-16)10-9-13-5-2-1-3-6-13/h1-8,11-12H,9-10H2,(H,20,21,22)/b16-12+. The van der Waals surface area contributed by atoms with E-state index in [2.05, 4.69) is 22.4 Å². The summed E-state index contributed by atoms with van der Waals surface area (Å²) in [5.74, 6) is 0.546. The van der Waals surface area contributed by atoms with Crippen LogP contribution in [-0.4, -0.2) is 11.7 Å². The molecule has 2 aromatic rings. The van der Waals surface area contributed by atoms with Gasteiger partial charge in [-0.1, -0.05) is 54.1 Å². The summed E-state index contributed by atoms with van der Waals surface area (Å²) < 4.78 is 0. The Morgan fingerprint density at radius 3 is 2.64 bits per heavy atom. The largest absolute Gasteiger partial charge is 0.309 e. The molecule has 3 nitrogen and oxygen atoms in total. The molecular weight excluding hydrogens is 296 g/mol. The first-order valence-electron chi connectivity index (χ1n) is 7.11. The smallest absolute Gasteiger partial charge is 0.275 e. The number of amides is 1. The number of nitrogens with zero attached hydrogens (tertiary/aromatic N) is 1. The van der Waals surface area contributed by atoms with Crippen LogP contribution in [0, 0.1) is 0 Å². The van der Waals surface area contributed by atoms with Crippen molar-refractivity contribution in [3.05, 3.63) is 76.4 Å². The highest BCUT2D eigenvalue weighted by Gasteiger charge is 2.19. The van der Waals surface area contributed by atoms with Crippen molar-refractivity contribution in [3.63, 3.8) is 0 Å². The van der Waals surface area contributed by atoms with Crippen molar-refractivity contribution in [3.8, 4) is 0 Å². The van der Waals surface area contributed by atoms with Crippen LogP contribution >= 0.6 is 11.6 Å². The number of hydrogen-bond donors (Lipinski definition) is 1. The maximum Gasteiger partial charge on any atom is 0.275 e. The number of benzene rings is 2. The molecular formula is C18H15ClN2O. The number of carbonyl (C=O) groups is 1. The van der Waals surface area contributed by atoms with E-state index in [9.17, 15) is 4.79 Å². The fraction of sp³-hybridized carbons (Fsp3) is 0.111. The molecule has 0 spiro atoms. The van der Waals surface area contributed by atoms with Crippen LogP contribution in [-0.2, 0) is 11.2 Å². The monoisotopic (exact) mass is 310 g/mol. The van der Waals surface area contributed by atoms with Gasteiger partial charge in [-0.05, 0) is 35.8 Å². The summed E-state index contributed by atoms with van der Waals surface area (Å²) in [6.07, 6.45) is 3.31. The van der Waals surface area contributed by atoms with Gasteiger partial charge in [0.15, 0.2) is 0 Å². The molecule has 2 aromatic carbocycles. The molecule has 0 atom stereocenters.